The largest absolute Gasteiger partial charge is 0.465 e. The monoisotopic (exact) mass is 340 g/mol. The smallest absolute Gasteiger partial charge is 0.323 e. The molecule has 1 saturated heterocycles. The minimum Gasteiger partial charge on any atom is -0.465 e. The van der Waals surface area contributed by atoms with Crippen LogP contribution in [-0.2, 0) is 28.5 Å². The van der Waals surface area contributed by atoms with Crippen molar-refractivity contribution in [3.8, 4) is 0 Å². The highest BCUT2D eigenvalue weighted by atomic mass is 16.7. The Morgan fingerprint density at radius 2 is 1.88 bits per heavy atom. The SMILES string of the molecule is C=C1CC(C(=O)OCC)(C(=O)OCC)CC1COC1CCCCO1. The molecule has 136 valence electrons. The summed E-state index contributed by atoms with van der Waals surface area (Å²) in [5.74, 6) is -1.13. The van der Waals surface area contributed by atoms with Crippen molar-refractivity contribution in [3.63, 3.8) is 0 Å². The molecule has 0 N–H and O–H groups in total. The van der Waals surface area contributed by atoms with Crippen molar-refractivity contribution in [2.45, 2.75) is 52.2 Å². The molecule has 1 aliphatic heterocycles. The van der Waals surface area contributed by atoms with Gasteiger partial charge >= 0.3 is 11.9 Å². The summed E-state index contributed by atoms with van der Waals surface area (Å²) >= 11 is 0. The van der Waals surface area contributed by atoms with E-state index in [1.165, 1.54) is 0 Å². The number of ether oxygens (including phenoxy) is 4. The summed E-state index contributed by atoms with van der Waals surface area (Å²) < 4.78 is 21.7. The molecule has 2 unspecified atom stereocenters. The van der Waals surface area contributed by atoms with Gasteiger partial charge in [0.05, 0.1) is 19.8 Å². The van der Waals surface area contributed by atoms with Crippen LogP contribution in [0.2, 0.25) is 0 Å². The van der Waals surface area contributed by atoms with E-state index in [1.54, 1.807) is 13.8 Å². The van der Waals surface area contributed by atoms with E-state index in [4.69, 9.17) is 18.9 Å². The molecule has 0 amide bonds. The molecule has 24 heavy (non-hydrogen) atoms. The van der Waals surface area contributed by atoms with Gasteiger partial charge in [-0.15, -0.1) is 0 Å². The van der Waals surface area contributed by atoms with E-state index in [9.17, 15) is 9.59 Å². The average molecular weight is 340 g/mol. The molecule has 2 rings (SSSR count). The number of hydrogen-bond donors (Lipinski definition) is 0. The minimum atomic E-state index is -1.29. The van der Waals surface area contributed by atoms with Crippen LogP contribution in [0.25, 0.3) is 0 Å². The Morgan fingerprint density at radius 3 is 2.42 bits per heavy atom. The van der Waals surface area contributed by atoms with Crippen LogP contribution in [0.4, 0.5) is 0 Å². The first-order valence-electron chi connectivity index (χ1n) is 8.78. The standard InChI is InChI=1S/C18H28O6/c1-4-21-16(19)18(17(20)22-5-2)10-13(3)14(11-18)12-24-15-8-6-7-9-23-15/h14-15H,3-12H2,1-2H3. The molecule has 0 aromatic heterocycles. The van der Waals surface area contributed by atoms with Crippen molar-refractivity contribution in [3.05, 3.63) is 12.2 Å². The summed E-state index contributed by atoms with van der Waals surface area (Å²) in [4.78, 5) is 24.9. The number of carbonyl (C=O) groups excluding carboxylic acids is 2. The molecule has 2 atom stereocenters. The van der Waals surface area contributed by atoms with Crippen molar-refractivity contribution in [1.82, 2.24) is 0 Å². The van der Waals surface area contributed by atoms with E-state index >= 15 is 0 Å². The molecule has 2 fully saturated rings. The van der Waals surface area contributed by atoms with Gasteiger partial charge in [0.1, 0.15) is 0 Å². The Balaban J connectivity index is 2.03. The van der Waals surface area contributed by atoms with Gasteiger partial charge in [-0.1, -0.05) is 12.2 Å². The summed E-state index contributed by atoms with van der Waals surface area (Å²) in [6.45, 7) is 9.05. The summed E-state index contributed by atoms with van der Waals surface area (Å²) in [7, 11) is 0. The Kier molecular flexibility index (Phi) is 6.80. The molecule has 6 heteroatoms. The first-order chi connectivity index (χ1) is 11.5. The lowest BCUT2D eigenvalue weighted by Gasteiger charge is -2.26. The molecule has 6 nitrogen and oxygen atoms in total. The van der Waals surface area contributed by atoms with Crippen molar-refractivity contribution in [2.24, 2.45) is 11.3 Å². The third-order valence-corrected chi connectivity index (χ3v) is 4.65. The number of esters is 2. The normalized spacial score (nSPS) is 26.2. The number of hydrogen-bond acceptors (Lipinski definition) is 6. The van der Waals surface area contributed by atoms with Gasteiger partial charge in [0.15, 0.2) is 11.7 Å². The van der Waals surface area contributed by atoms with Crippen LogP contribution in [0.1, 0.15) is 46.0 Å². The van der Waals surface area contributed by atoms with E-state index in [-0.39, 0.29) is 31.8 Å². The summed E-state index contributed by atoms with van der Waals surface area (Å²) in [6, 6.07) is 0. The Hall–Kier alpha value is -1.40. The summed E-state index contributed by atoms with van der Waals surface area (Å²) in [5, 5.41) is 0. The van der Waals surface area contributed by atoms with Gasteiger partial charge in [-0.3, -0.25) is 9.59 Å². The molecular formula is C18H28O6. The van der Waals surface area contributed by atoms with Gasteiger partial charge in [-0.05, 0) is 46.0 Å². The maximum Gasteiger partial charge on any atom is 0.323 e. The quantitative estimate of drug-likeness (QED) is 0.403. The van der Waals surface area contributed by atoms with Crippen LogP contribution in [0.5, 0.6) is 0 Å². The molecule has 0 spiro atoms. The van der Waals surface area contributed by atoms with E-state index in [0.29, 0.717) is 19.6 Å². The lowest BCUT2D eigenvalue weighted by molar-refractivity contribution is -0.174. The van der Waals surface area contributed by atoms with Gasteiger partial charge in [0.2, 0.25) is 0 Å². The molecular weight excluding hydrogens is 312 g/mol. The third kappa shape index (κ3) is 4.16. The molecule has 2 aliphatic rings. The molecule has 0 bridgehead atoms. The Bertz CT molecular complexity index is 448. The minimum absolute atomic E-state index is 0.0793. The lowest BCUT2D eigenvalue weighted by atomic mass is 9.85. The second-order valence-corrected chi connectivity index (χ2v) is 6.39. The van der Waals surface area contributed by atoms with Crippen LogP contribution in [0.3, 0.4) is 0 Å². The van der Waals surface area contributed by atoms with Crippen LogP contribution in [-0.4, -0.2) is 44.7 Å². The van der Waals surface area contributed by atoms with Gasteiger partial charge < -0.3 is 18.9 Å². The topological polar surface area (TPSA) is 71.1 Å². The first kappa shape index (κ1) is 18.9. The second-order valence-electron chi connectivity index (χ2n) is 6.39. The van der Waals surface area contributed by atoms with Crippen LogP contribution in [0, 0.1) is 11.3 Å². The van der Waals surface area contributed by atoms with Gasteiger partial charge in [-0.25, -0.2) is 0 Å². The third-order valence-electron chi connectivity index (χ3n) is 4.65. The van der Waals surface area contributed by atoms with Crippen LogP contribution in [0.15, 0.2) is 12.2 Å². The fourth-order valence-corrected chi connectivity index (χ4v) is 3.34. The van der Waals surface area contributed by atoms with Crippen molar-refractivity contribution >= 4 is 11.9 Å². The van der Waals surface area contributed by atoms with Gasteiger partial charge in [0.25, 0.3) is 0 Å². The number of carbonyl (C=O) groups is 2. The fraction of sp³-hybridized carbons (Fsp3) is 0.778. The maximum atomic E-state index is 12.5. The van der Waals surface area contributed by atoms with Crippen LogP contribution < -0.4 is 0 Å². The second kappa shape index (κ2) is 8.62. The lowest BCUT2D eigenvalue weighted by Crippen LogP contribution is -2.40. The molecule has 0 aromatic rings. The maximum absolute atomic E-state index is 12.5. The van der Waals surface area contributed by atoms with E-state index in [1.807, 2.05) is 0 Å². The molecule has 1 saturated carbocycles. The molecule has 1 heterocycles. The van der Waals surface area contributed by atoms with Gasteiger partial charge in [0, 0.05) is 12.5 Å². The fourth-order valence-electron chi connectivity index (χ4n) is 3.34. The predicted octanol–water partition coefficient (Wildman–Crippen LogP) is 2.61. The zero-order valence-corrected chi connectivity index (χ0v) is 14.7. The Labute approximate surface area is 143 Å². The van der Waals surface area contributed by atoms with Crippen molar-refractivity contribution < 1.29 is 28.5 Å². The van der Waals surface area contributed by atoms with E-state index in [0.717, 1.165) is 24.8 Å². The van der Waals surface area contributed by atoms with Gasteiger partial charge in [-0.2, -0.15) is 0 Å². The molecule has 1 aliphatic carbocycles. The van der Waals surface area contributed by atoms with Crippen LogP contribution >= 0.6 is 0 Å². The highest BCUT2D eigenvalue weighted by Gasteiger charge is 2.55. The molecule has 0 aromatic carbocycles. The van der Waals surface area contributed by atoms with E-state index in [2.05, 4.69) is 6.58 Å². The highest BCUT2D eigenvalue weighted by molar-refractivity contribution is 6.01. The average Bonchev–Trinajstić information content (AvgIpc) is 2.92. The summed E-state index contributed by atoms with van der Waals surface area (Å²) in [6.07, 6.45) is 3.39. The Morgan fingerprint density at radius 1 is 1.21 bits per heavy atom. The molecule has 0 radical (unpaired) electrons. The first-order valence-corrected chi connectivity index (χ1v) is 8.78. The summed E-state index contributed by atoms with van der Waals surface area (Å²) in [5.41, 5.74) is -0.461. The van der Waals surface area contributed by atoms with Crippen molar-refractivity contribution in [1.29, 1.82) is 0 Å². The van der Waals surface area contributed by atoms with E-state index < -0.39 is 17.4 Å². The zero-order valence-electron chi connectivity index (χ0n) is 14.7. The van der Waals surface area contributed by atoms with Crippen molar-refractivity contribution in [2.75, 3.05) is 26.4 Å². The highest BCUT2D eigenvalue weighted by Crippen LogP contribution is 2.47. The predicted molar refractivity (Wildman–Crippen MR) is 87.1 cm³/mol. The number of rotatable bonds is 7. The zero-order chi connectivity index (χ0) is 17.6.